The molecule has 0 aliphatic carbocycles. The van der Waals surface area contributed by atoms with Gasteiger partial charge in [0.2, 0.25) is 5.95 Å². The largest absolute Gasteiger partial charge is 0.445 e. The summed E-state index contributed by atoms with van der Waals surface area (Å²) in [7, 11) is 0. The van der Waals surface area contributed by atoms with Gasteiger partial charge in [-0.1, -0.05) is 6.92 Å². The summed E-state index contributed by atoms with van der Waals surface area (Å²) in [5.41, 5.74) is 4.93. The van der Waals surface area contributed by atoms with Gasteiger partial charge in [0.15, 0.2) is 0 Å². The Hall–Kier alpha value is -1.37. The lowest BCUT2D eigenvalue weighted by atomic mass is 10.3. The number of nitrogens with zero attached hydrogens (tertiary/aromatic N) is 2. The highest BCUT2D eigenvalue weighted by Crippen LogP contribution is 2.07. The molecule has 1 heterocycles. The van der Waals surface area contributed by atoms with Gasteiger partial charge in [0.25, 0.3) is 0 Å². The number of carbonyl (C=O) groups excluding carboxylic acids is 1. The molecule has 3 N–H and O–H groups in total. The zero-order chi connectivity index (χ0) is 12.0. The molecular formula is C9H13BrN4O2. The zero-order valence-electron chi connectivity index (χ0n) is 8.81. The first-order valence-corrected chi connectivity index (χ1v) is 5.59. The summed E-state index contributed by atoms with van der Waals surface area (Å²) in [6.45, 7) is 2.33. The molecule has 0 unspecified atom stereocenters. The summed E-state index contributed by atoms with van der Waals surface area (Å²) in [6.07, 6.45) is 1.24. The fraction of sp³-hybridized carbons (Fsp3) is 0.444. The minimum absolute atomic E-state index is 0.278. The van der Waals surface area contributed by atoms with Crippen molar-refractivity contribution in [3.8, 4) is 0 Å². The topological polar surface area (TPSA) is 90.1 Å². The number of anilines is 1. The number of aromatic nitrogens is 2. The Morgan fingerprint density at radius 1 is 1.75 bits per heavy atom. The Bertz CT molecular complexity index is 361. The third-order valence-electron chi connectivity index (χ3n) is 1.85. The van der Waals surface area contributed by atoms with Gasteiger partial charge in [-0.2, -0.15) is 0 Å². The molecule has 6 nitrogen and oxygen atoms in total. The van der Waals surface area contributed by atoms with Crippen LogP contribution >= 0.6 is 15.9 Å². The highest BCUT2D eigenvalue weighted by molar-refractivity contribution is 9.10. The van der Waals surface area contributed by atoms with Crippen LogP contribution in [0.3, 0.4) is 0 Å². The Balaban J connectivity index is 2.46. The number of halogens is 1. The van der Waals surface area contributed by atoms with Gasteiger partial charge in [0.1, 0.15) is 10.7 Å². The van der Waals surface area contributed by atoms with Gasteiger partial charge in [-0.15, -0.1) is 0 Å². The van der Waals surface area contributed by atoms with Crippen LogP contribution in [0.15, 0.2) is 16.9 Å². The molecule has 0 spiro atoms. The summed E-state index contributed by atoms with van der Waals surface area (Å²) in [5, 5.41) is 2.96. The van der Waals surface area contributed by atoms with Crippen LogP contribution in [0.5, 0.6) is 0 Å². The van der Waals surface area contributed by atoms with E-state index in [2.05, 4.69) is 31.2 Å². The number of amides is 1. The number of rotatable bonds is 5. The van der Waals surface area contributed by atoms with Crippen LogP contribution in [0.4, 0.5) is 10.7 Å². The molecule has 0 radical (unpaired) electrons. The third kappa shape index (κ3) is 4.43. The average Bonchev–Trinajstić information content (AvgIpc) is 2.24. The van der Waals surface area contributed by atoms with Crippen molar-refractivity contribution in [1.29, 1.82) is 0 Å². The molecule has 0 aromatic carbocycles. The van der Waals surface area contributed by atoms with Gasteiger partial charge in [0.05, 0.1) is 6.54 Å². The molecule has 0 saturated heterocycles. The first-order valence-electron chi connectivity index (χ1n) is 4.80. The van der Waals surface area contributed by atoms with E-state index in [1.54, 1.807) is 12.3 Å². The van der Waals surface area contributed by atoms with Crippen LogP contribution < -0.4 is 11.1 Å². The van der Waals surface area contributed by atoms with Crippen LogP contribution in [0.1, 0.15) is 13.3 Å². The minimum atomic E-state index is -0.774. The number of nitrogens with one attached hydrogen (secondary N) is 1. The summed E-state index contributed by atoms with van der Waals surface area (Å²) in [5.74, 6) is 0.473. The number of primary amides is 1. The first kappa shape index (κ1) is 12.7. The van der Waals surface area contributed by atoms with E-state index in [0.717, 1.165) is 0 Å². The standard InChI is InChI=1S/C9H13BrN4O2/c1-2-6(16-8(11)15)5-13-9-12-4-3-7(10)14-9/h3-4,6H,2,5H2,1H3,(H2,11,15)(H,12,13,14)/t6-/m0/s1. The van der Waals surface area contributed by atoms with Crippen molar-refractivity contribution in [1.82, 2.24) is 9.97 Å². The Kier molecular flexibility index (Phi) is 4.97. The smallest absolute Gasteiger partial charge is 0.404 e. The minimum Gasteiger partial charge on any atom is -0.445 e. The SMILES string of the molecule is CC[C@@H](CNc1nccc(Br)n1)OC(N)=O. The summed E-state index contributed by atoms with van der Waals surface area (Å²) < 4.78 is 5.55. The maximum atomic E-state index is 10.6. The Morgan fingerprint density at radius 2 is 2.50 bits per heavy atom. The van der Waals surface area contributed by atoms with E-state index in [1.165, 1.54) is 0 Å². The van der Waals surface area contributed by atoms with Gasteiger partial charge >= 0.3 is 6.09 Å². The molecule has 0 saturated carbocycles. The van der Waals surface area contributed by atoms with Crippen LogP contribution in [-0.2, 0) is 4.74 Å². The number of ether oxygens (including phenoxy) is 1. The van der Waals surface area contributed by atoms with Crippen molar-refractivity contribution >= 4 is 28.0 Å². The average molecular weight is 289 g/mol. The second kappa shape index (κ2) is 6.26. The normalized spacial score (nSPS) is 11.9. The van der Waals surface area contributed by atoms with Crippen LogP contribution in [0, 0.1) is 0 Å². The maximum absolute atomic E-state index is 10.6. The van der Waals surface area contributed by atoms with Crippen molar-refractivity contribution in [3.63, 3.8) is 0 Å². The van der Waals surface area contributed by atoms with E-state index in [0.29, 0.717) is 23.5 Å². The Morgan fingerprint density at radius 3 is 3.06 bits per heavy atom. The molecule has 88 valence electrons. The molecule has 0 aliphatic rings. The van der Waals surface area contributed by atoms with Crippen molar-refractivity contribution in [2.45, 2.75) is 19.4 Å². The monoisotopic (exact) mass is 288 g/mol. The van der Waals surface area contributed by atoms with Crippen molar-refractivity contribution in [2.75, 3.05) is 11.9 Å². The lowest BCUT2D eigenvalue weighted by molar-refractivity contribution is 0.110. The van der Waals surface area contributed by atoms with Crippen LogP contribution in [0.2, 0.25) is 0 Å². The number of carbonyl (C=O) groups is 1. The van der Waals surface area contributed by atoms with E-state index in [1.807, 2.05) is 6.92 Å². The van der Waals surface area contributed by atoms with Crippen molar-refractivity contribution in [3.05, 3.63) is 16.9 Å². The van der Waals surface area contributed by atoms with Gasteiger partial charge in [0, 0.05) is 6.20 Å². The molecule has 0 aliphatic heterocycles. The predicted molar refractivity (Wildman–Crippen MR) is 63.0 cm³/mol. The number of hydrogen-bond donors (Lipinski definition) is 2. The van der Waals surface area contributed by atoms with Gasteiger partial charge in [-0.25, -0.2) is 14.8 Å². The molecule has 1 aromatic rings. The molecule has 1 rings (SSSR count). The van der Waals surface area contributed by atoms with E-state index >= 15 is 0 Å². The fourth-order valence-electron chi connectivity index (χ4n) is 1.06. The molecular weight excluding hydrogens is 276 g/mol. The van der Waals surface area contributed by atoms with E-state index in [4.69, 9.17) is 10.5 Å². The Labute approximate surface area is 102 Å². The molecule has 1 amide bonds. The molecule has 7 heteroatoms. The highest BCUT2D eigenvalue weighted by Gasteiger charge is 2.10. The lowest BCUT2D eigenvalue weighted by Crippen LogP contribution is -2.28. The van der Waals surface area contributed by atoms with Gasteiger partial charge in [-0.05, 0) is 28.4 Å². The van der Waals surface area contributed by atoms with Gasteiger partial charge < -0.3 is 15.8 Å². The predicted octanol–water partition coefficient (Wildman–Crippen LogP) is 1.52. The van der Waals surface area contributed by atoms with Crippen LogP contribution in [0.25, 0.3) is 0 Å². The molecule has 1 aromatic heterocycles. The van der Waals surface area contributed by atoms with E-state index < -0.39 is 6.09 Å². The van der Waals surface area contributed by atoms with E-state index in [9.17, 15) is 4.79 Å². The third-order valence-corrected chi connectivity index (χ3v) is 2.29. The highest BCUT2D eigenvalue weighted by atomic mass is 79.9. The van der Waals surface area contributed by atoms with Crippen molar-refractivity contribution < 1.29 is 9.53 Å². The van der Waals surface area contributed by atoms with Crippen LogP contribution in [-0.4, -0.2) is 28.7 Å². The summed E-state index contributed by atoms with van der Waals surface area (Å²) >= 11 is 3.23. The fourth-order valence-corrected chi connectivity index (χ4v) is 1.35. The summed E-state index contributed by atoms with van der Waals surface area (Å²) in [6, 6.07) is 1.72. The quantitative estimate of drug-likeness (QED) is 0.802. The second-order valence-corrected chi connectivity index (χ2v) is 3.86. The molecule has 0 fully saturated rings. The second-order valence-electron chi connectivity index (χ2n) is 3.05. The summed E-state index contributed by atoms with van der Waals surface area (Å²) in [4.78, 5) is 18.6. The molecule has 16 heavy (non-hydrogen) atoms. The van der Waals surface area contributed by atoms with Crippen molar-refractivity contribution in [2.24, 2.45) is 5.73 Å². The van der Waals surface area contributed by atoms with E-state index in [-0.39, 0.29) is 6.10 Å². The maximum Gasteiger partial charge on any atom is 0.404 e. The zero-order valence-corrected chi connectivity index (χ0v) is 10.4. The molecule has 0 bridgehead atoms. The first-order chi connectivity index (χ1) is 7.61. The lowest BCUT2D eigenvalue weighted by Gasteiger charge is -2.15. The van der Waals surface area contributed by atoms with Gasteiger partial charge in [-0.3, -0.25) is 0 Å². The number of hydrogen-bond acceptors (Lipinski definition) is 5. The number of nitrogens with two attached hydrogens (primary N) is 1. The molecule has 1 atom stereocenters.